The predicted octanol–water partition coefficient (Wildman–Crippen LogP) is 6.26. The number of nitrogens with zero attached hydrogens (tertiary/aromatic N) is 3. The Morgan fingerprint density at radius 2 is 1.71 bits per heavy atom. The molecule has 3 aromatic rings. The van der Waals surface area contributed by atoms with E-state index in [9.17, 15) is 32.7 Å². The van der Waals surface area contributed by atoms with Gasteiger partial charge in [0.2, 0.25) is 11.8 Å². The van der Waals surface area contributed by atoms with Gasteiger partial charge in [-0.25, -0.2) is 9.37 Å². The van der Waals surface area contributed by atoms with Crippen LogP contribution in [-0.2, 0) is 30.8 Å². The molecule has 3 fully saturated rings. The number of halogens is 6. The molecule has 2 aliphatic carbocycles. The molecule has 0 bridgehead atoms. The van der Waals surface area contributed by atoms with Gasteiger partial charge in [-0.3, -0.25) is 29.5 Å². The average Bonchev–Trinajstić information content (AvgIpc) is 3.43. The van der Waals surface area contributed by atoms with Gasteiger partial charge >= 0.3 is 6.18 Å². The fourth-order valence-corrected chi connectivity index (χ4v) is 8.57. The van der Waals surface area contributed by atoms with Crippen LogP contribution >= 0.6 is 23.2 Å². The number of hydrazine groups is 1. The fraction of sp³-hybridized carbons (Fsp3) is 0.324. The number of phenolic OH excluding ortho intramolecular Hbond substituents is 1. The molecule has 2 aliphatic heterocycles. The Kier molecular flexibility index (Phi) is 7.78. The van der Waals surface area contributed by atoms with Gasteiger partial charge < -0.3 is 5.11 Å². The van der Waals surface area contributed by atoms with Crippen LogP contribution in [-0.4, -0.2) is 50.2 Å². The molecule has 6 unspecified atom stereocenters. The third-order valence-corrected chi connectivity index (χ3v) is 10.8. The van der Waals surface area contributed by atoms with Crippen molar-refractivity contribution in [1.29, 1.82) is 0 Å². The van der Waals surface area contributed by atoms with Gasteiger partial charge in [-0.15, -0.1) is 0 Å². The molecule has 49 heavy (non-hydrogen) atoms. The molecule has 2 aromatic carbocycles. The first-order valence-electron chi connectivity index (χ1n) is 15.4. The zero-order valence-electron chi connectivity index (χ0n) is 25.5. The topological polar surface area (TPSA) is 120 Å². The third-order valence-electron chi connectivity index (χ3n) is 10.3. The van der Waals surface area contributed by atoms with Gasteiger partial charge in [0.05, 0.1) is 33.8 Å². The van der Waals surface area contributed by atoms with Crippen LogP contribution in [0, 0.1) is 29.5 Å². The van der Waals surface area contributed by atoms with Gasteiger partial charge in [-0.2, -0.15) is 18.2 Å². The highest BCUT2D eigenvalue weighted by molar-refractivity contribution is 6.33. The van der Waals surface area contributed by atoms with Crippen molar-refractivity contribution in [3.63, 3.8) is 0 Å². The number of imide groups is 2. The number of rotatable bonds is 5. The summed E-state index contributed by atoms with van der Waals surface area (Å²) >= 11 is 12.4. The lowest BCUT2D eigenvalue weighted by molar-refractivity contribution is -0.141. The van der Waals surface area contributed by atoms with Crippen LogP contribution in [0.1, 0.15) is 42.4 Å². The first-order valence-corrected chi connectivity index (χ1v) is 16.1. The summed E-state index contributed by atoms with van der Waals surface area (Å²) in [6.45, 7) is 1.83. The Hall–Kier alpha value is -4.49. The molecule has 15 heteroatoms. The van der Waals surface area contributed by atoms with E-state index in [1.165, 1.54) is 23.1 Å². The third kappa shape index (κ3) is 4.84. The summed E-state index contributed by atoms with van der Waals surface area (Å²) < 4.78 is 55.2. The highest BCUT2D eigenvalue weighted by Crippen LogP contribution is 2.64. The summed E-state index contributed by atoms with van der Waals surface area (Å²) in [6.07, 6.45) is -2.39. The van der Waals surface area contributed by atoms with Crippen LogP contribution in [0.3, 0.4) is 0 Å². The lowest BCUT2D eigenvalue weighted by atomic mass is 9.49. The molecule has 2 N–H and O–H groups in total. The van der Waals surface area contributed by atoms with Crippen LogP contribution < -0.4 is 5.43 Å². The number of alkyl halides is 3. The molecule has 1 saturated carbocycles. The van der Waals surface area contributed by atoms with Gasteiger partial charge in [0, 0.05) is 23.7 Å². The molecule has 4 aliphatic rings. The number of nitrogens with one attached hydrogen (secondary N) is 1. The number of fused-ring (bicyclic) bond motifs is 4. The molecule has 0 radical (unpaired) electrons. The minimum Gasteiger partial charge on any atom is -0.505 e. The molecule has 254 valence electrons. The van der Waals surface area contributed by atoms with Crippen molar-refractivity contribution < 1.29 is 41.8 Å². The molecule has 7 rings (SSSR count). The Morgan fingerprint density at radius 1 is 1.00 bits per heavy atom. The summed E-state index contributed by atoms with van der Waals surface area (Å²) in [5, 5.41) is 10.5. The number of anilines is 1. The molecular weight excluding hydrogens is 691 g/mol. The number of pyridine rings is 1. The summed E-state index contributed by atoms with van der Waals surface area (Å²) in [7, 11) is 0. The smallest absolute Gasteiger partial charge is 0.417 e. The van der Waals surface area contributed by atoms with E-state index < -0.39 is 86.9 Å². The molecule has 6 atom stereocenters. The highest BCUT2D eigenvalue weighted by atomic mass is 35.5. The van der Waals surface area contributed by atoms with Crippen LogP contribution in [0.25, 0.3) is 0 Å². The number of hydrogen-bond acceptors (Lipinski definition) is 7. The van der Waals surface area contributed by atoms with Crippen LogP contribution in [0.4, 0.5) is 23.4 Å². The molecule has 9 nitrogen and oxygen atoms in total. The first kappa shape index (κ1) is 33.0. The average molecular weight is 718 g/mol. The largest absolute Gasteiger partial charge is 0.505 e. The number of phenols is 1. The maximum atomic E-state index is 15.1. The number of amides is 4. The Balaban J connectivity index is 1.44. The Morgan fingerprint density at radius 3 is 2.35 bits per heavy atom. The van der Waals surface area contributed by atoms with Gasteiger partial charge in [0.25, 0.3) is 11.8 Å². The summed E-state index contributed by atoms with van der Waals surface area (Å²) in [4.78, 5) is 61.5. The van der Waals surface area contributed by atoms with Gasteiger partial charge in [0.15, 0.2) is 17.4 Å². The van der Waals surface area contributed by atoms with Crippen molar-refractivity contribution in [1.82, 2.24) is 14.9 Å². The summed E-state index contributed by atoms with van der Waals surface area (Å²) in [6, 6.07) is 10.4. The number of carbonyl (C=O) groups excluding carboxylic acids is 4. The minimum absolute atomic E-state index is 0.0693. The second-order valence-electron chi connectivity index (χ2n) is 12.6. The fourth-order valence-electron chi connectivity index (χ4n) is 8.24. The van der Waals surface area contributed by atoms with E-state index in [0.29, 0.717) is 33.4 Å². The number of aromatic nitrogens is 1. The van der Waals surface area contributed by atoms with Crippen molar-refractivity contribution in [3.8, 4) is 5.75 Å². The standard InChI is InChI=1S/C34H26Cl2F4N4O5/c1-2-43-29(46)20-9-8-19-21(26(20)31(43)48)13-22-30(47)44(42-28-23(36)12-17(14-41-28)34(38,39)40)32(49)33(22,16-4-6-18(35)7-5-16)27(19)15-3-10-25(45)24(37)11-15/h3-8,10-12,14,20-22,26-27,45H,2,9,13H2,1H3,(H,41,42). The first-order chi connectivity index (χ1) is 23.2. The lowest BCUT2D eigenvalue weighted by Crippen LogP contribution is -2.53. The number of carbonyl (C=O) groups is 4. The van der Waals surface area contributed by atoms with Gasteiger partial charge in [-0.1, -0.05) is 53.1 Å². The van der Waals surface area contributed by atoms with Crippen LogP contribution in [0.2, 0.25) is 10.0 Å². The van der Waals surface area contributed by atoms with Crippen molar-refractivity contribution in [2.45, 2.75) is 37.3 Å². The predicted molar refractivity (Wildman–Crippen MR) is 167 cm³/mol. The Bertz CT molecular complexity index is 1970. The maximum Gasteiger partial charge on any atom is 0.417 e. The van der Waals surface area contributed by atoms with E-state index in [4.69, 9.17) is 23.2 Å². The molecule has 1 aromatic heterocycles. The number of allylic oxidation sites excluding steroid dienone is 2. The SMILES string of the molecule is CCN1C(=O)C2CC=C3C(CC4C(=O)N(Nc5ncc(C(F)(F)F)cc5Cl)C(=O)C4(c4ccc(Cl)cc4)C3c3ccc(O)c(F)c3)C2C1=O. The van der Waals surface area contributed by atoms with Gasteiger partial charge in [0.1, 0.15) is 0 Å². The van der Waals surface area contributed by atoms with E-state index >= 15 is 9.18 Å². The quantitative estimate of drug-likeness (QED) is 0.182. The maximum absolute atomic E-state index is 15.1. The highest BCUT2D eigenvalue weighted by Gasteiger charge is 2.70. The molecule has 2 saturated heterocycles. The van der Waals surface area contributed by atoms with Crippen molar-refractivity contribution in [2.24, 2.45) is 23.7 Å². The van der Waals surface area contributed by atoms with Crippen molar-refractivity contribution in [3.05, 3.63) is 98.9 Å². The minimum atomic E-state index is -4.76. The zero-order chi connectivity index (χ0) is 35.2. The summed E-state index contributed by atoms with van der Waals surface area (Å²) in [5.74, 6) is -9.04. The monoisotopic (exact) mass is 716 g/mol. The number of hydrogen-bond donors (Lipinski definition) is 2. The number of benzene rings is 2. The second-order valence-corrected chi connectivity index (χ2v) is 13.4. The van der Waals surface area contributed by atoms with E-state index in [0.717, 1.165) is 12.1 Å². The summed E-state index contributed by atoms with van der Waals surface area (Å²) in [5.41, 5.74) is 0.648. The Labute approximate surface area is 286 Å². The van der Waals surface area contributed by atoms with Crippen LogP contribution in [0.5, 0.6) is 5.75 Å². The number of aromatic hydroxyl groups is 1. The number of likely N-dealkylation sites (tertiary alicyclic amines) is 1. The lowest BCUT2D eigenvalue weighted by Gasteiger charge is -2.50. The molecule has 4 amide bonds. The van der Waals surface area contributed by atoms with E-state index in [2.05, 4.69) is 10.4 Å². The molecular formula is C34H26Cl2F4N4O5. The van der Waals surface area contributed by atoms with E-state index in [-0.39, 0.29) is 30.9 Å². The van der Waals surface area contributed by atoms with Gasteiger partial charge in [-0.05, 0) is 67.1 Å². The van der Waals surface area contributed by atoms with Crippen molar-refractivity contribution >= 4 is 52.6 Å². The van der Waals surface area contributed by atoms with Crippen LogP contribution in [0.15, 0.2) is 66.4 Å². The second kappa shape index (κ2) is 11.5. The molecule has 3 heterocycles. The molecule has 0 spiro atoms. The van der Waals surface area contributed by atoms with E-state index in [1.807, 2.05) is 0 Å². The zero-order valence-corrected chi connectivity index (χ0v) is 27.0. The van der Waals surface area contributed by atoms with E-state index in [1.54, 1.807) is 25.1 Å². The van der Waals surface area contributed by atoms with Crippen molar-refractivity contribution in [2.75, 3.05) is 12.0 Å². The normalized spacial score (nSPS) is 28.0.